The van der Waals surface area contributed by atoms with Gasteiger partial charge in [-0.25, -0.2) is 0 Å². The van der Waals surface area contributed by atoms with Crippen LogP contribution in [0, 0.1) is 11.8 Å². The maximum atomic E-state index is 5.87. The zero-order valence-corrected chi connectivity index (χ0v) is 12.4. The highest BCUT2D eigenvalue weighted by molar-refractivity contribution is 4.90. The lowest BCUT2D eigenvalue weighted by atomic mass is 9.85. The van der Waals surface area contributed by atoms with Gasteiger partial charge in [0.2, 0.25) is 0 Å². The van der Waals surface area contributed by atoms with Gasteiger partial charge in [0.1, 0.15) is 0 Å². The van der Waals surface area contributed by atoms with Gasteiger partial charge in [-0.1, -0.05) is 13.8 Å². The van der Waals surface area contributed by atoms with Crippen LogP contribution in [-0.4, -0.2) is 50.3 Å². The molecule has 2 fully saturated rings. The second-order valence-corrected chi connectivity index (χ2v) is 6.49. The van der Waals surface area contributed by atoms with Gasteiger partial charge in [0.25, 0.3) is 0 Å². The van der Waals surface area contributed by atoms with Gasteiger partial charge in [-0.05, 0) is 63.7 Å². The Labute approximate surface area is 112 Å². The van der Waals surface area contributed by atoms with Crippen LogP contribution in [0.2, 0.25) is 0 Å². The van der Waals surface area contributed by atoms with Crippen LogP contribution in [0.3, 0.4) is 0 Å². The van der Waals surface area contributed by atoms with E-state index < -0.39 is 0 Å². The normalized spacial score (nSPS) is 26.7. The maximum absolute atomic E-state index is 5.87. The molecule has 0 aromatic heterocycles. The van der Waals surface area contributed by atoms with Crippen LogP contribution in [0.4, 0.5) is 0 Å². The van der Waals surface area contributed by atoms with Crippen molar-refractivity contribution in [3.05, 3.63) is 0 Å². The number of rotatable bonds is 4. The highest BCUT2D eigenvalue weighted by atomic mass is 16.5. The lowest BCUT2D eigenvalue weighted by Crippen LogP contribution is -2.52. The van der Waals surface area contributed by atoms with Crippen LogP contribution >= 0.6 is 0 Å². The van der Waals surface area contributed by atoms with Gasteiger partial charge in [-0.2, -0.15) is 0 Å². The van der Waals surface area contributed by atoms with E-state index in [1.807, 2.05) is 7.11 Å². The van der Waals surface area contributed by atoms with Crippen LogP contribution in [0.15, 0.2) is 0 Å². The summed E-state index contributed by atoms with van der Waals surface area (Å²) in [6.45, 7) is 10.6. The Hall–Kier alpha value is -0.120. The number of ether oxygens (including phenoxy) is 1. The van der Waals surface area contributed by atoms with Crippen molar-refractivity contribution in [3.63, 3.8) is 0 Å². The molecule has 2 rings (SSSR count). The van der Waals surface area contributed by atoms with E-state index in [-0.39, 0.29) is 5.60 Å². The quantitative estimate of drug-likeness (QED) is 0.832. The number of piperidine rings is 2. The number of hydrogen-bond donors (Lipinski definition) is 1. The molecule has 0 amide bonds. The maximum Gasteiger partial charge on any atom is 0.0829 e. The topological polar surface area (TPSA) is 24.5 Å². The van der Waals surface area contributed by atoms with Crippen LogP contribution in [0.5, 0.6) is 0 Å². The molecule has 0 aromatic carbocycles. The minimum atomic E-state index is 0.121. The molecule has 0 atom stereocenters. The van der Waals surface area contributed by atoms with Crippen molar-refractivity contribution in [2.75, 3.05) is 39.8 Å². The molecule has 18 heavy (non-hydrogen) atoms. The van der Waals surface area contributed by atoms with Crippen LogP contribution < -0.4 is 5.32 Å². The number of nitrogens with one attached hydrogen (secondary N) is 1. The van der Waals surface area contributed by atoms with Gasteiger partial charge >= 0.3 is 0 Å². The van der Waals surface area contributed by atoms with Crippen LogP contribution in [-0.2, 0) is 4.74 Å². The summed E-state index contributed by atoms with van der Waals surface area (Å²) in [6.07, 6.45) is 5.06. The predicted molar refractivity (Wildman–Crippen MR) is 75.8 cm³/mol. The molecule has 106 valence electrons. The summed E-state index contributed by atoms with van der Waals surface area (Å²) >= 11 is 0. The third kappa shape index (κ3) is 3.46. The minimum absolute atomic E-state index is 0.121. The van der Waals surface area contributed by atoms with E-state index in [4.69, 9.17) is 4.74 Å². The number of nitrogens with zero attached hydrogens (tertiary/aromatic N) is 1. The third-order valence-electron chi connectivity index (χ3n) is 5.03. The minimum Gasteiger partial charge on any atom is -0.377 e. The van der Waals surface area contributed by atoms with E-state index in [9.17, 15) is 0 Å². The molecule has 2 aliphatic heterocycles. The largest absolute Gasteiger partial charge is 0.377 e. The SMILES string of the molecule is COC1(CN2CCC(C(C)C)CC2)CCNCC1. The molecule has 0 aliphatic carbocycles. The average molecular weight is 254 g/mol. The summed E-state index contributed by atoms with van der Waals surface area (Å²) in [7, 11) is 1.90. The molecule has 1 N–H and O–H groups in total. The Morgan fingerprint density at radius 1 is 1.22 bits per heavy atom. The van der Waals surface area contributed by atoms with E-state index in [1.54, 1.807) is 0 Å². The Bertz CT molecular complexity index is 241. The van der Waals surface area contributed by atoms with Gasteiger partial charge in [0, 0.05) is 13.7 Å². The first-order valence-corrected chi connectivity index (χ1v) is 7.63. The highest BCUT2D eigenvalue weighted by Crippen LogP contribution is 2.28. The highest BCUT2D eigenvalue weighted by Gasteiger charge is 2.35. The number of methoxy groups -OCH3 is 1. The molecule has 2 aliphatic rings. The van der Waals surface area contributed by atoms with Gasteiger partial charge in [-0.15, -0.1) is 0 Å². The summed E-state index contributed by atoms with van der Waals surface area (Å²) in [4.78, 5) is 2.63. The van der Waals surface area contributed by atoms with Crippen molar-refractivity contribution in [3.8, 4) is 0 Å². The lowest BCUT2D eigenvalue weighted by molar-refractivity contribution is -0.0625. The standard InChI is InChI=1S/C15H30N2O/c1-13(2)14-4-10-17(11-5-14)12-15(18-3)6-8-16-9-7-15/h13-14,16H,4-12H2,1-3H3. The summed E-state index contributed by atoms with van der Waals surface area (Å²) in [6, 6.07) is 0. The number of likely N-dealkylation sites (tertiary alicyclic amines) is 1. The van der Waals surface area contributed by atoms with E-state index in [0.717, 1.165) is 44.3 Å². The summed E-state index contributed by atoms with van der Waals surface area (Å²) < 4.78 is 5.87. The first-order chi connectivity index (χ1) is 8.65. The van der Waals surface area contributed by atoms with Crippen molar-refractivity contribution < 1.29 is 4.74 Å². The molecule has 2 heterocycles. The second kappa shape index (κ2) is 6.36. The van der Waals surface area contributed by atoms with E-state index in [0.29, 0.717) is 0 Å². The Balaban J connectivity index is 1.82. The Morgan fingerprint density at radius 2 is 1.83 bits per heavy atom. The van der Waals surface area contributed by atoms with Crippen molar-refractivity contribution in [1.29, 1.82) is 0 Å². The third-order valence-corrected chi connectivity index (χ3v) is 5.03. The van der Waals surface area contributed by atoms with Crippen LogP contribution in [0.25, 0.3) is 0 Å². The molecule has 0 radical (unpaired) electrons. The zero-order valence-electron chi connectivity index (χ0n) is 12.4. The van der Waals surface area contributed by atoms with Crippen molar-refractivity contribution in [1.82, 2.24) is 10.2 Å². The zero-order chi connectivity index (χ0) is 13.0. The molecule has 0 bridgehead atoms. The predicted octanol–water partition coefficient (Wildman–Crippen LogP) is 2.12. The van der Waals surface area contributed by atoms with E-state index in [1.165, 1.54) is 25.9 Å². The molecular weight excluding hydrogens is 224 g/mol. The summed E-state index contributed by atoms with van der Waals surface area (Å²) in [5, 5.41) is 3.43. The van der Waals surface area contributed by atoms with Crippen molar-refractivity contribution in [2.24, 2.45) is 11.8 Å². The van der Waals surface area contributed by atoms with Crippen molar-refractivity contribution in [2.45, 2.75) is 45.1 Å². The van der Waals surface area contributed by atoms with Gasteiger partial charge in [0.15, 0.2) is 0 Å². The fourth-order valence-electron chi connectivity index (χ4n) is 3.49. The van der Waals surface area contributed by atoms with E-state index >= 15 is 0 Å². The average Bonchev–Trinajstić information content (AvgIpc) is 2.40. The molecule has 0 aromatic rings. The first-order valence-electron chi connectivity index (χ1n) is 7.63. The smallest absolute Gasteiger partial charge is 0.0829 e. The fraction of sp³-hybridized carbons (Fsp3) is 1.00. The molecule has 2 saturated heterocycles. The second-order valence-electron chi connectivity index (χ2n) is 6.49. The van der Waals surface area contributed by atoms with Crippen LogP contribution in [0.1, 0.15) is 39.5 Å². The molecular formula is C15H30N2O. The molecule has 0 unspecified atom stereocenters. The Morgan fingerprint density at radius 3 is 2.33 bits per heavy atom. The molecule has 3 heteroatoms. The number of hydrogen-bond acceptors (Lipinski definition) is 3. The molecule has 0 spiro atoms. The van der Waals surface area contributed by atoms with Crippen molar-refractivity contribution >= 4 is 0 Å². The van der Waals surface area contributed by atoms with Gasteiger partial charge < -0.3 is 15.0 Å². The fourth-order valence-corrected chi connectivity index (χ4v) is 3.49. The summed E-state index contributed by atoms with van der Waals surface area (Å²) in [5.41, 5.74) is 0.121. The Kier molecular flexibility index (Phi) is 5.05. The molecule has 0 saturated carbocycles. The van der Waals surface area contributed by atoms with Gasteiger partial charge in [-0.3, -0.25) is 0 Å². The van der Waals surface area contributed by atoms with E-state index in [2.05, 4.69) is 24.1 Å². The molecule has 3 nitrogen and oxygen atoms in total. The van der Waals surface area contributed by atoms with Gasteiger partial charge in [0.05, 0.1) is 5.60 Å². The lowest BCUT2D eigenvalue weighted by Gasteiger charge is -2.43. The first kappa shape index (κ1) is 14.3. The summed E-state index contributed by atoms with van der Waals surface area (Å²) in [5.74, 6) is 1.79. The monoisotopic (exact) mass is 254 g/mol.